The Morgan fingerprint density at radius 1 is 1.00 bits per heavy atom. The number of benzene rings is 3. The van der Waals surface area contributed by atoms with Crippen molar-refractivity contribution in [2.45, 2.75) is 29.9 Å². The topological polar surface area (TPSA) is 69.7 Å². The van der Waals surface area contributed by atoms with E-state index in [1.807, 2.05) is 60.9 Å². The van der Waals surface area contributed by atoms with Crippen molar-refractivity contribution in [2.24, 2.45) is 0 Å². The molecular formula is C26H23N3O3S. The van der Waals surface area contributed by atoms with Gasteiger partial charge in [0.1, 0.15) is 0 Å². The quantitative estimate of drug-likeness (QED) is 0.572. The van der Waals surface area contributed by atoms with Gasteiger partial charge in [0.2, 0.25) is 11.6 Å². The van der Waals surface area contributed by atoms with Crippen molar-refractivity contribution in [3.8, 4) is 0 Å². The standard InChI is InChI=1S/C26H23N3O3S/c1-33-20-11-7-10-19(16-20)27-25(32)26-15-14-23(30)29(26)22-13-6-5-12-21(22)24(31)28(26)17-18-8-3-2-4-9-18/h2-13,16H,14-15,17H2,1H3,(H,27,32). The van der Waals surface area contributed by atoms with E-state index in [1.54, 1.807) is 40.9 Å². The minimum atomic E-state index is -1.44. The molecule has 6 nitrogen and oxygen atoms in total. The van der Waals surface area contributed by atoms with Crippen LogP contribution < -0.4 is 10.2 Å². The third-order valence-corrected chi connectivity index (χ3v) is 6.97. The molecule has 3 aromatic carbocycles. The first-order valence-corrected chi connectivity index (χ1v) is 12.0. The largest absolute Gasteiger partial charge is 0.322 e. The Morgan fingerprint density at radius 2 is 1.76 bits per heavy atom. The Kier molecular flexibility index (Phi) is 5.42. The zero-order valence-electron chi connectivity index (χ0n) is 18.2. The lowest BCUT2D eigenvalue weighted by molar-refractivity contribution is -0.129. The Labute approximate surface area is 196 Å². The fraction of sp³-hybridized carbons (Fsp3) is 0.192. The predicted octanol–water partition coefficient (Wildman–Crippen LogP) is 4.53. The zero-order chi connectivity index (χ0) is 23.0. The van der Waals surface area contributed by atoms with Crippen molar-refractivity contribution in [2.75, 3.05) is 16.5 Å². The Bertz CT molecular complexity index is 1250. The van der Waals surface area contributed by atoms with Crippen LogP contribution in [0.15, 0.2) is 83.8 Å². The molecule has 7 heteroatoms. The van der Waals surface area contributed by atoms with Crippen LogP contribution >= 0.6 is 11.8 Å². The molecule has 2 aliphatic rings. The number of carbonyl (C=O) groups is 3. The van der Waals surface area contributed by atoms with E-state index in [1.165, 1.54) is 4.90 Å². The SMILES string of the molecule is CSc1cccc(NC(=O)C23CCC(=O)N2c2ccccc2C(=O)N3Cc2ccccc2)c1. The van der Waals surface area contributed by atoms with Gasteiger partial charge in [-0.05, 0) is 42.2 Å². The van der Waals surface area contributed by atoms with E-state index in [4.69, 9.17) is 0 Å². The average Bonchev–Trinajstić information content (AvgIpc) is 3.21. The molecule has 1 unspecified atom stereocenters. The highest BCUT2D eigenvalue weighted by Gasteiger charge is 2.60. The van der Waals surface area contributed by atoms with E-state index in [0.29, 0.717) is 16.9 Å². The first-order chi connectivity index (χ1) is 16.0. The van der Waals surface area contributed by atoms with Crippen molar-refractivity contribution in [1.29, 1.82) is 0 Å². The summed E-state index contributed by atoms with van der Waals surface area (Å²) >= 11 is 1.58. The second-order valence-corrected chi connectivity index (χ2v) is 9.01. The maximum atomic E-state index is 14.0. The zero-order valence-corrected chi connectivity index (χ0v) is 19.0. The second-order valence-electron chi connectivity index (χ2n) is 8.13. The highest BCUT2D eigenvalue weighted by Crippen LogP contribution is 2.45. The number of hydrogen-bond donors (Lipinski definition) is 1. The average molecular weight is 458 g/mol. The fourth-order valence-corrected chi connectivity index (χ4v) is 5.16. The van der Waals surface area contributed by atoms with Gasteiger partial charge < -0.3 is 10.2 Å². The van der Waals surface area contributed by atoms with E-state index >= 15 is 0 Å². The molecule has 5 rings (SSSR count). The third kappa shape index (κ3) is 3.49. The molecule has 0 saturated carbocycles. The van der Waals surface area contributed by atoms with E-state index in [0.717, 1.165) is 10.5 Å². The summed E-state index contributed by atoms with van der Waals surface area (Å²) in [5, 5.41) is 3.00. The van der Waals surface area contributed by atoms with Crippen LogP contribution in [0.4, 0.5) is 11.4 Å². The smallest absolute Gasteiger partial charge is 0.271 e. The summed E-state index contributed by atoms with van der Waals surface area (Å²) in [5.41, 5.74) is 1.000. The lowest BCUT2D eigenvalue weighted by Gasteiger charge is -2.49. The van der Waals surface area contributed by atoms with Gasteiger partial charge in [0.05, 0.1) is 11.3 Å². The Morgan fingerprint density at radius 3 is 2.55 bits per heavy atom. The minimum absolute atomic E-state index is 0.166. The number of hydrogen-bond acceptors (Lipinski definition) is 4. The van der Waals surface area contributed by atoms with Gasteiger partial charge in [-0.25, -0.2) is 0 Å². The molecule has 3 amide bonds. The molecule has 0 radical (unpaired) electrons. The van der Waals surface area contributed by atoms with Gasteiger partial charge >= 0.3 is 0 Å². The number of anilines is 2. The number of nitrogens with zero attached hydrogens (tertiary/aromatic N) is 2. The van der Waals surface area contributed by atoms with Crippen LogP contribution in [0.1, 0.15) is 28.8 Å². The van der Waals surface area contributed by atoms with Crippen LogP contribution in [0.2, 0.25) is 0 Å². The molecule has 0 spiro atoms. The summed E-state index contributed by atoms with van der Waals surface area (Å²) in [7, 11) is 0. The highest BCUT2D eigenvalue weighted by molar-refractivity contribution is 7.98. The predicted molar refractivity (Wildman–Crippen MR) is 129 cm³/mol. The molecule has 3 aromatic rings. The number of amides is 3. The van der Waals surface area contributed by atoms with Crippen LogP contribution in [-0.4, -0.2) is 34.5 Å². The summed E-state index contributed by atoms with van der Waals surface area (Å²) in [5.74, 6) is -0.806. The monoisotopic (exact) mass is 457 g/mol. The van der Waals surface area contributed by atoms with Crippen molar-refractivity contribution >= 4 is 40.9 Å². The normalized spacial score (nSPS) is 19.3. The molecule has 2 aliphatic heterocycles. The summed E-state index contributed by atoms with van der Waals surface area (Å²) in [6.07, 6.45) is 2.38. The lowest BCUT2D eigenvalue weighted by Crippen LogP contribution is -2.69. The molecule has 0 aromatic heterocycles. The van der Waals surface area contributed by atoms with Crippen molar-refractivity contribution in [3.63, 3.8) is 0 Å². The van der Waals surface area contributed by atoms with Crippen LogP contribution in [0.25, 0.3) is 0 Å². The van der Waals surface area contributed by atoms with Gasteiger partial charge in [0, 0.05) is 30.0 Å². The molecule has 0 bridgehead atoms. The number of thioether (sulfide) groups is 1. The summed E-state index contributed by atoms with van der Waals surface area (Å²) < 4.78 is 0. The number of nitrogens with one attached hydrogen (secondary N) is 1. The fourth-order valence-electron chi connectivity index (χ4n) is 4.70. The summed E-state index contributed by atoms with van der Waals surface area (Å²) in [4.78, 5) is 44.9. The molecule has 2 heterocycles. The van der Waals surface area contributed by atoms with E-state index in [9.17, 15) is 14.4 Å². The molecule has 33 heavy (non-hydrogen) atoms. The molecular weight excluding hydrogens is 434 g/mol. The van der Waals surface area contributed by atoms with Crippen molar-refractivity contribution in [1.82, 2.24) is 4.90 Å². The lowest BCUT2D eigenvalue weighted by atomic mass is 9.94. The Balaban J connectivity index is 1.63. The summed E-state index contributed by atoms with van der Waals surface area (Å²) in [6, 6.07) is 24.1. The molecule has 1 fully saturated rings. The van der Waals surface area contributed by atoms with E-state index in [-0.39, 0.29) is 37.1 Å². The number of rotatable bonds is 5. The highest BCUT2D eigenvalue weighted by atomic mass is 32.2. The molecule has 1 atom stereocenters. The van der Waals surface area contributed by atoms with Gasteiger partial charge in [-0.2, -0.15) is 0 Å². The van der Waals surface area contributed by atoms with Gasteiger partial charge in [0.25, 0.3) is 11.8 Å². The molecule has 0 aliphatic carbocycles. The van der Waals surface area contributed by atoms with Gasteiger partial charge in [-0.3, -0.25) is 19.3 Å². The van der Waals surface area contributed by atoms with Crippen molar-refractivity contribution < 1.29 is 14.4 Å². The van der Waals surface area contributed by atoms with Crippen LogP contribution in [-0.2, 0) is 16.1 Å². The third-order valence-electron chi connectivity index (χ3n) is 6.25. The van der Waals surface area contributed by atoms with E-state index in [2.05, 4.69) is 5.32 Å². The maximum Gasteiger partial charge on any atom is 0.271 e. The number of para-hydroxylation sites is 1. The minimum Gasteiger partial charge on any atom is -0.322 e. The molecule has 1 saturated heterocycles. The Hall–Kier alpha value is -3.58. The second kappa shape index (κ2) is 8.41. The number of fused-ring (bicyclic) bond motifs is 3. The van der Waals surface area contributed by atoms with E-state index < -0.39 is 5.66 Å². The first-order valence-electron chi connectivity index (χ1n) is 10.8. The molecule has 1 N–H and O–H groups in total. The van der Waals surface area contributed by atoms with Crippen LogP contribution in [0.3, 0.4) is 0 Å². The van der Waals surface area contributed by atoms with Gasteiger partial charge in [0.15, 0.2) is 0 Å². The van der Waals surface area contributed by atoms with Gasteiger partial charge in [-0.15, -0.1) is 11.8 Å². The number of carbonyl (C=O) groups excluding carboxylic acids is 3. The van der Waals surface area contributed by atoms with Crippen molar-refractivity contribution in [3.05, 3.63) is 90.0 Å². The molecule has 166 valence electrons. The van der Waals surface area contributed by atoms with Gasteiger partial charge in [-0.1, -0.05) is 48.5 Å². The van der Waals surface area contributed by atoms with Crippen LogP contribution in [0, 0.1) is 0 Å². The first kappa shape index (κ1) is 21.3. The maximum absolute atomic E-state index is 14.0. The van der Waals surface area contributed by atoms with Crippen LogP contribution in [0.5, 0.6) is 0 Å². The summed E-state index contributed by atoms with van der Waals surface area (Å²) in [6.45, 7) is 0.218.